The molecule has 0 radical (unpaired) electrons. The molecule has 0 unspecified atom stereocenters. The summed E-state index contributed by atoms with van der Waals surface area (Å²) >= 11 is 0. The van der Waals surface area contributed by atoms with E-state index >= 15 is 0 Å². The van der Waals surface area contributed by atoms with Gasteiger partial charge in [-0.15, -0.1) is 0 Å². The van der Waals surface area contributed by atoms with Gasteiger partial charge in [-0.3, -0.25) is 9.69 Å². The minimum atomic E-state index is 0.0449. The Kier molecular flexibility index (Phi) is 6.84. The summed E-state index contributed by atoms with van der Waals surface area (Å²) in [7, 11) is 0. The van der Waals surface area contributed by atoms with E-state index in [9.17, 15) is 4.79 Å². The highest BCUT2D eigenvalue weighted by atomic mass is 16.5. The van der Waals surface area contributed by atoms with Crippen LogP contribution in [0.5, 0.6) is 5.75 Å². The molecule has 0 aromatic heterocycles. The summed E-state index contributed by atoms with van der Waals surface area (Å²) in [5, 5.41) is 8.69. The summed E-state index contributed by atoms with van der Waals surface area (Å²) in [4.78, 5) is 16.9. The Labute approximate surface area is 160 Å². The van der Waals surface area contributed by atoms with E-state index in [0.717, 1.165) is 31.8 Å². The van der Waals surface area contributed by atoms with Crippen LogP contribution in [0.25, 0.3) is 0 Å². The summed E-state index contributed by atoms with van der Waals surface area (Å²) in [5.74, 6) is 0.771. The fourth-order valence-electron chi connectivity index (χ4n) is 3.22. The first-order valence-corrected chi connectivity index (χ1v) is 9.41. The van der Waals surface area contributed by atoms with Crippen LogP contribution in [0.2, 0.25) is 0 Å². The lowest BCUT2D eigenvalue weighted by molar-refractivity contribution is 0.0639. The molecule has 3 rings (SSSR count). The van der Waals surface area contributed by atoms with Gasteiger partial charge in [0.1, 0.15) is 5.75 Å². The number of carbonyl (C=O) groups excluding carboxylic acids is 1. The van der Waals surface area contributed by atoms with Crippen LogP contribution >= 0.6 is 0 Å². The molecule has 27 heavy (non-hydrogen) atoms. The third-order valence-corrected chi connectivity index (χ3v) is 4.78. The maximum absolute atomic E-state index is 12.8. The number of carbonyl (C=O) groups is 1. The molecule has 1 aliphatic heterocycles. The van der Waals surface area contributed by atoms with Gasteiger partial charge in [-0.2, -0.15) is 5.26 Å². The first-order valence-electron chi connectivity index (χ1n) is 9.41. The molecular formula is C22H25N3O2. The fourth-order valence-corrected chi connectivity index (χ4v) is 3.22. The van der Waals surface area contributed by atoms with Crippen molar-refractivity contribution in [1.82, 2.24) is 9.80 Å². The molecule has 1 aliphatic rings. The van der Waals surface area contributed by atoms with Gasteiger partial charge in [0.15, 0.2) is 0 Å². The van der Waals surface area contributed by atoms with Gasteiger partial charge in [-0.05, 0) is 23.8 Å². The van der Waals surface area contributed by atoms with Crippen LogP contribution in [-0.4, -0.2) is 55.0 Å². The molecule has 0 spiro atoms. The molecule has 0 saturated carbocycles. The number of ether oxygens (including phenoxy) is 1. The fraction of sp³-hybridized carbons (Fsp3) is 0.364. The highest BCUT2D eigenvalue weighted by Gasteiger charge is 2.22. The summed E-state index contributed by atoms with van der Waals surface area (Å²) in [5.41, 5.74) is 1.90. The molecule has 0 aliphatic carbocycles. The van der Waals surface area contributed by atoms with E-state index in [4.69, 9.17) is 10.00 Å². The van der Waals surface area contributed by atoms with Crippen molar-refractivity contribution < 1.29 is 9.53 Å². The molecule has 1 fully saturated rings. The van der Waals surface area contributed by atoms with Crippen LogP contribution in [0.15, 0.2) is 54.6 Å². The second-order valence-electron chi connectivity index (χ2n) is 6.65. The summed E-state index contributed by atoms with van der Waals surface area (Å²) in [6, 6.07) is 19.8. The van der Waals surface area contributed by atoms with Crippen molar-refractivity contribution in [2.24, 2.45) is 0 Å². The smallest absolute Gasteiger partial charge is 0.254 e. The number of hydrogen-bond acceptors (Lipinski definition) is 4. The van der Waals surface area contributed by atoms with E-state index < -0.39 is 0 Å². The van der Waals surface area contributed by atoms with Gasteiger partial charge < -0.3 is 9.64 Å². The number of benzene rings is 2. The standard InChI is InChI=1S/C22H25N3O2/c23-11-5-12-24-13-15-25(16-14-24)22(26)20-8-4-9-21(18-20)27-17-10-19-6-2-1-3-7-19/h1-4,6-9,18H,5,10,12-17H2. The van der Waals surface area contributed by atoms with E-state index in [2.05, 4.69) is 23.1 Å². The zero-order chi connectivity index (χ0) is 18.9. The lowest BCUT2D eigenvalue weighted by atomic mass is 10.1. The first kappa shape index (κ1) is 18.9. The number of amides is 1. The number of nitriles is 1. The summed E-state index contributed by atoms with van der Waals surface area (Å²) in [6.07, 6.45) is 1.37. The van der Waals surface area contributed by atoms with E-state index in [-0.39, 0.29) is 5.91 Å². The van der Waals surface area contributed by atoms with Gasteiger partial charge in [0.25, 0.3) is 5.91 Å². The van der Waals surface area contributed by atoms with Crippen molar-refractivity contribution in [3.63, 3.8) is 0 Å². The monoisotopic (exact) mass is 363 g/mol. The van der Waals surface area contributed by atoms with Crippen molar-refractivity contribution in [1.29, 1.82) is 5.26 Å². The van der Waals surface area contributed by atoms with Crippen molar-refractivity contribution in [3.8, 4) is 11.8 Å². The van der Waals surface area contributed by atoms with Crippen LogP contribution in [0.1, 0.15) is 22.3 Å². The van der Waals surface area contributed by atoms with Gasteiger partial charge in [-0.1, -0.05) is 36.4 Å². The van der Waals surface area contributed by atoms with Gasteiger partial charge in [0.05, 0.1) is 12.7 Å². The molecule has 2 aromatic rings. The van der Waals surface area contributed by atoms with Crippen LogP contribution in [0.3, 0.4) is 0 Å². The predicted octanol–water partition coefficient (Wildman–Crippen LogP) is 2.98. The topological polar surface area (TPSA) is 56.6 Å². The quantitative estimate of drug-likeness (QED) is 0.759. The SMILES string of the molecule is N#CCCN1CCN(C(=O)c2cccc(OCCc3ccccc3)c2)CC1. The molecule has 1 heterocycles. The van der Waals surface area contributed by atoms with Crippen molar-refractivity contribution >= 4 is 5.91 Å². The molecule has 0 atom stereocenters. The normalized spacial score (nSPS) is 14.6. The average molecular weight is 363 g/mol. The number of rotatable bonds is 7. The highest BCUT2D eigenvalue weighted by molar-refractivity contribution is 5.94. The molecule has 2 aromatic carbocycles. The number of nitrogens with zero attached hydrogens (tertiary/aromatic N) is 3. The average Bonchev–Trinajstić information content (AvgIpc) is 2.73. The lowest BCUT2D eigenvalue weighted by Gasteiger charge is -2.34. The Hall–Kier alpha value is -2.84. The van der Waals surface area contributed by atoms with Crippen molar-refractivity contribution in [3.05, 3.63) is 65.7 Å². The molecular weight excluding hydrogens is 338 g/mol. The maximum atomic E-state index is 12.8. The summed E-state index contributed by atoms with van der Waals surface area (Å²) in [6.45, 7) is 4.40. The van der Waals surface area contributed by atoms with Crippen molar-refractivity contribution in [2.45, 2.75) is 12.8 Å². The zero-order valence-electron chi connectivity index (χ0n) is 15.5. The van der Waals surface area contributed by atoms with Crippen LogP contribution in [0, 0.1) is 11.3 Å². The zero-order valence-corrected chi connectivity index (χ0v) is 15.5. The maximum Gasteiger partial charge on any atom is 0.254 e. The first-order chi connectivity index (χ1) is 13.3. The highest BCUT2D eigenvalue weighted by Crippen LogP contribution is 2.16. The second kappa shape index (κ2) is 9.75. The van der Waals surface area contributed by atoms with Gasteiger partial charge in [0, 0.05) is 51.1 Å². The van der Waals surface area contributed by atoms with Crippen LogP contribution in [-0.2, 0) is 6.42 Å². The van der Waals surface area contributed by atoms with Crippen molar-refractivity contribution in [2.75, 3.05) is 39.3 Å². The molecule has 1 amide bonds. The third kappa shape index (κ3) is 5.57. The van der Waals surface area contributed by atoms with E-state index in [1.165, 1.54) is 5.56 Å². The Balaban J connectivity index is 1.51. The molecule has 5 nitrogen and oxygen atoms in total. The predicted molar refractivity (Wildman–Crippen MR) is 105 cm³/mol. The van der Waals surface area contributed by atoms with Crippen LogP contribution < -0.4 is 4.74 Å². The molecule has 0 bridgehead atoms. The van der Waals surface area contributed by atoms with Gasteiger partial charge in [-0.25, -0.2) is 0 Å². The number of piperazine rings is 1. The van der Waals surface area contributed by atoms with E-state index in [1.54, 1.807) is 0 Å². The minimum absolute atomic E-state index is 0.0449. The largest absolute Gasteiger partial charge is 0.493 e. The second-order valence-corrected chi connectivity index (χ2v) is 6.65. The van der Waals surface area contributed by atoms with Gasteiger partial charge in [0.2, 0.25) is 0 Å². The van der Waals surface area contributed by atoms with E-state index in [1.807, 2.05) is 47.4 Å². The third-order valence-electron chi connectivity index (χ3n) is 4.78. The Bertz CT molecular complexity index is 778. The Morgan fingerprint density at radius 1 is 1.04 bits per heavy atom. The van der Waals surface area contributed by atoms with E-state index in [0.29, 0.717) is 31.7 Å². The lowest BCUT2D eigenvalue weighted by Crippen LogP contribution is -2.48. The molecule has 140 valence electrons. The number of hydrogen-bond donors (Lipinski definition) is 0. The molecule has 5 heteroatoms. The minimum Gasteiger partial charge on any atom is -0.493 e. The van der Waals surface area contributed by atoms with Crippen LogP contribution in [0.4, 0.5) is 0 Å². The Morgan fingerprint density at radius 3 is 2.56 bits per heavy atom. The summed E-state index contributed by atoms with van der Waals surface area (Å²) < 4.78 is 5.84. The molecule has 0 N–H and O–H groups in total. The van der Waals surface area contributed by atoms with Gasteiger partial charge >= 0.3 is 0 Å². The molecule has 1 saturated heterocycles. The Morgan fingerprint density at radius 2 is 1.81 bits per heavy atom.